The smallest absolute Gasteiger partial charge is 0.114 e. The maximum absolute atomic E-state index is 10.8. The summed E-state index contributed by atoms with van der Waals surface area (Å²) in [6.45, 7) is 2.92. The fourth-order valence-electron chi connectivity index (χ4n) is 2.99. The van der Waals surface area contributed by atoms with E-state index in [1.807, 2.05) is 30.3 Å². The van der Waals surface area contributed by atoms with E-state index in [1.54, 1.807) is 0 Å². The van der Waals surface area contributed by atoms with Gasteiger partial charge >= 0.3 is 0 Å². The molecule has 0 aromatic heterocycles. The largest absolute Gasteiger partial charge is 0.382 e. The Labute approximate surface area is 122 Å². The molecule has 0 aliphatic carbocycles. The highest BCUT2D eigenvalue weighted by Crippen LogP contribution is 2.23. The lowest BCUT2D eigenvalue weighted by atomic mass is 9.92. The van der Waals surface area contributed by atoms with Gasteiger partial charge in [0.05, 0.1) is 0 Å². The minimum Gasteiger partial charge on any atom is -0.382 e. The zero-order valence-electron chi connectivity index (χ0n) is 12.6. The standard InChI is InChI=1S/C16H27N3O/c1-18(2)15-8-10-19(11-9-15)13-16(20,12-17)14-6-4-3-5-7-14/h3-7,15,20H,8-13,17H2,1-2H3. The van der Waals surface area contributed by atoms with Gasteiger partial charge in [-0.3, -0.25) is 4.90 Å². The number of β-amino-alcohol motifs (C(OH)–C–C–N with tert-alkyl or cyclic N) is 1. The Kier molecular flexibility index (Phi) is 5.16. The molecule has 4 heteroatoms. The van der Waals surface area contributed by atoms with Crippen LogP contribution in [0.2, 0.25) is 0 Å². The van der Waals surface area contributed by atoms with Crippen molar-refractivity contribution in [2.24, 2.45) is 5.73 Å². The Morgan fingerprint density at radius 3 is 2.35 bits per heavy atom. The molecule has 20 heavy (non-hydrogen) atoms. The summed E-state index contributed by atoms with van der Waals surface area (Å²) in [6.07, 6.45) is 2.31. The van der Waals surface area contributed by atoms with E-state index < -0.39 is 5.60 Å². The van der Waals surface area contributed by atoms with Crippen LogP contribution in [0.25, 0.3) is 0 Å². The molecule has 1 aromatic rings. The SMILES string of the molecule is CN(C)C1CCN(CC(O)(CN)c2ccccc2)CC1. The van der Waals surface area contributed by atoms with Crippen LogP contribution < -0.4 is 5.73 Å². The van der Waals surface area contributed by atoms with E-state index in [9.17, 15) is 5.11 Å². The minimum atomic E-state index is -0.938. The normalized spacial score (nSPS) is 21.1. The second-order valence-corrected chi connectivity index (χ2v) is 6.07. The van der Waals surface area contributed by atoms with Crippen molar-refractivity contribution in [3.63, 3.8) is 0 Å². The van der Waals surface area contributed by atoms with Crippen molar-refractivity contribution in [2.75, 3.05) is 40.3 Å². The molecule has 1 heterocycles. The average molecular weight is 277 g/mol. The number of nitrogens with two attached hydrogens (primary N) is 1. The van der Waals surface area contributed by atoms with E-state index in [0.717, 1.165) is 31.5 Å². The molecule has 1 fully saturated rings. The van der Waals surface area contributed by atoms with Crippen LogP contribution in [0.1, 0.15) is 18.4 Å². The zero-order valence-corrected chi connectivity index (χ0v) is 12.6. The molecule has 1 aromatic carbocycles. The maximum atomic E-state index is 10.8. The van der Waals surface area contributed by atoms with Crippen molar-refractivity contribution >= 4 is 0 Å². The van der Waals surface area contributed by atoms with Crippen LogP contribution in [0.5, 0.6) is 0 Å². The molecule has 1 saturated heterocycles. The van der Waals surface area contributed by atoms with Gasteiger partial charge in [-0.1, -0.05) is 30.3 Å². The van der Waals surface area contributed by atoms with Crippen molar-refractivity contribution in [2.45, 2.75) is 24.5 Å². The molecule has 0 radical (unpaired) electrons. The maximum Gasteiger partial charge on any atom is 0.114 e. The number of rotatable bonds is 5. The molecule has 0 saturated carbocycles. The Bertz CT molecular complexity index is 401. The summed E-state index contributed by atoms with van der Waals surface area (Å²) in [4.78, 5) is 4.63. The van der Waals surface area contributed by atoms with E-state index >= 15 is 0 Å². The van der Waals surface area contributed by atoms with Crippen LogP contribution in [0.4, 0.5) is 0 Å². The van der Waals surface area contributed by atoms with Gasteiger partial charge in [0.2, 0.25) is 0 Å². The topological polar surface area (TPSA) is 52.7 Å². The van der Waals surface area contributed by atoms with Crippen LogP contribution in [0.15, 0.2) is 30.3 Å². The van der Waals surface area contributed by atoms with E-state index in [-0.39, 0.29) is 6.54 Å². The van der Waals surface area contributed by atoms with Crippen LogP contribution in [-0.2, 0) is 5.60 Å². The average Bonchev–Trinajstić information content (AvgIpc) is 2.48. The Balaban J connectivity index is 1.98. The lowest BCUT2D eigenvalue weighted by Crippen LogP contribution is -2.50. The first kappa shape index (κ1) is 15.4. The van der Waals surface area contributed by atoms with Crippen molar-refractivity contribution in [3.8, 4) is 0 Å². The predicted octanol–water partition coefficient (Wildman–Crippen LogP) is 0.859. The van der Waals surface area contributed by atoms with Crippen LogP contribution in [-0.4, -0.2) is 61.2 Å². The number of benzene rings is 1. The first-order valence-electron chi connectivity index (χ1n) is 7.42. The van der Waals surface area contributed by atoms with Crippen LogP contribution in [0.3, 0.4) is 0 Å². The molecule has 0 amide bonds. The third-order valence-corrected chi connectivity index (χ3v) is 4.42. The summed E-state index contributed by atoms with van der Waals surface area (Å²) in [6, 6.07) is 10.4. The molecule has 1 unspecified atom stereocenters. The van der Waals surface area contributed by atoms with Crippen molar-refractivity contribution in [1.29, 1.82) is 0 Å². The number of likely N-dealkylation sites (tertiary alicyclic amines) is 1. The monoisotopic (exact) mass is 277 g/mol. The molecule has 1 aliphatic rings. The second-order valence-electron chi connectivity index (χ2n) is 6.07. The molecule has 0 bridgehead atoms. The van der Waals surface area contributed by atoms with Crippen LogP contribution in [0, 0.1) is 0 Å². The zero-order chi connectivity index (χ0) is 14.6. The van der Waals surface area contributed by atoms with E-state index in [2.05, 4.69) is 23.9 Å². The molecule has 3 N–H and O–H groups in total. The highest BCUT2D eigenvalue weighted by atomic mass is 16.3. The number of aliphatic hydroxyl groups is 1. The molecule has 1 atom stereocenters. The molecular formula is C16H27N3O. The lowest BCUT2D eigenvalue weighted by Gasteiger charge is -2.39. The summed E-state index contributed by atoms with van der Waals surface area (Å²) in [5.41, 5.74) is 5.82. The number of piperidine rings is 1. The third kappa shape index (κ3) is 3.58. The van der Waals surface area contributed by atoms with Crippen molar-refractivity contribution < 1.29 is 5.11 Å². The van der Waals surface area contributed by atoms with Gasteiger partial charge in [-0.05, 0) is 45.6 Å². The molecule has 4 nitrogen and oxygen atoms in total. The molecule has 112 valence electrons. The molecular weight excluding hydrogens is 250 g/mol. The number of hydrogen-bond acceptors (Lipinski definition) is 4. The second kappa shape index (κ2) is 6.68. The lowest BCUT2D eigenvalue weighted by molar-refractivity contribution is -0.00440. The summed E-state index contributed by atoms with van der Waals surface area (Å²) in [5.74, 6) is 0. The summed E-state index contributed by atoms with van der Waals surface area (Å²) in [7, 11) is 4.28. The summed E-state index contributed by atoms with van der Waals surface area (Å²) >= 11 is 0. The Hall–Kier alpha value is -0.940. The van der Waals surface area contributed by atoms with Gasteiger partial charge in [0.15, 0.2) is 0 Å². The molecule has 2 rings (SSSR count). The quantitative estimate of drug-likeness (QED) is 0.838. The summed E-state index contributed by atoms with van der Waals surface area (Å²) in [5, 5.41) is 10.8. The van der Waals surface area contributed by atoms with E-state index in [4.69, 9.17) is 5.73 Å². The van der Waals surface area contributed by atoms with Crippen molar-refractivity contribution in [3.05, 3.63) is 35.9 Å². The first-order chi connectivity index (χ1) is 9.55. The van der Waals surface area contributed by atoms with Gasteiger partial charge in [-0.15, -0.1) is 0 Å². The predicted molar refractivity (Wildman–Crippen MR) is 82.5 cm³/mol. The first-order valence-corrected chi connectivity index (χ1v) is 7.42. The van der Waals surface area contributed by atoms with Gasteiger partial charge < -0.3 is 15.7 Å². The molecule has 1 aliphatic heterocycles. The summed E-state index contributed by atoms with van der Waals surface area (Å²) < 4.78 is 0. The third-order valence-electron chi connectivity index (χ3n) is 4.42. The highest BCUT2D eigenvalue weighted by Gasteiger charge is 2.32. The Morgan fingerprint density at radius 2 is 1.85 bits per heavy atom. The van der Waals surface area contributed by atoms with Gasteiger partial charge in [-0.25, -0.2) is 0 Å². The molecule has 0 spiro atoms. The van der Waals surface area contributed by atoms with Gasteiger partial charge in [0.1, 0.15) is 5.60 Å². The Morgan fingerprint density at radius 1 is 1.25 bits per heavy atom. The number of nitrogens with zero attached hydrogens (tertiary/aromatic N) is 2. The highest BCUT2D eigenvalue weighted by molar-refractivity contribution is 5.23. The fourth-order valence-corrected chi connectivity index (χ4v) is 2.99. The number of hydrogen-bond donors (Lipinski definition) is 2. The minimum absolute atomic E-state index is 0.255. The van der Waals surface area contributed by atoms with Gasteiger partial charge in [0, 0.05) is 19.1 Å². The fraction of sp³-hybridized carbons (Fsp3) is 0.625. The van der Waals surface area contributed by atoms with Crippen LogP contribution >= 0.6 is 0 Å². The van der Waals surface area contributed by atoms with E-state index in [0.29, 0.717) is 12.6 Å². The van der Waals surface area contributed by atoms with Crippen molar-refractivity contribution in [1.82, 2.24) is 9.80 Å². The van der Waals surface area contributed by atoms with Gasteiger partial charge in [-0.2, -0.15) is 0 Å². The van der Waals surface area contributed by atoms with Gasteiger partial charge in [0.25, 0.3) is 0 Å². The van der Waals surface area contributed by atoms with E-state index in [1.165, 1.54) is 0 Å².